The van der Waals surface area contributed by atoms with Crippen LogP contribution < -0.4 is 0 Å². The highest BCUT2D eigenvalue weighted by Crippen LogP contribution is 2.29. The molecule has 0 aromatic carbocycles. The normalized spacial score (nSPS) is 31.8. The molecule has 4 nitrogen and oxygen atoms in total. The Morgan fingerprint density at radius 3 is 2.35 bits per heavy atom. The Labute approximate surface area is 104 Å². The van der Waals surface area contributed by atoms with Gasteiger partial charge in [-0.05, 0) is 45.8 Å². The Hall–Kier alpha value is -0.610. The minimum Gasteiger partial charge on any atom is -0.481 e. The molecule has 2 rings (SSSR count). The summed E-state index contributed by atoms with van der Waals surface area (Å²) < 4.78 is 0. The summed E-state index contributed by atoms with van der Waals surface area (Å²) in [4.78, 5) is 16.0. The lowest BCUT2D eigenvalue weighted by molar-refractivity contribution is -0.147. The maximum Gasteiger partial charge on any atom is 0.310 e. The highest BCUT2D eigenvalue weighted by atomic mass is 16.4. The van der Waals surface area contributed by atoms with Gasteiger partial charge in [-0.2, -0.15) is 0 Å². The van der Waals surface area contributed by atoms with Gasteiger partial charge >= 0.3 is 5.97 Å². The Kier molecular flexibility index (Phi) is 4.05. The van der Waals surface area contributed by atoms with Gasteiger partial charge in [-0.15, -0.1) is 0 Å². The zero-order valence-corrected chi connectivity index (χ0v) is 10.8. The van der Waals surface area contributed by atoms with Crippen LogP contribution in [-0.4, -0.2) is 60.1 Å². The summed E-state index contributed by atoms with van der Waals surface area (Å²) in [5.74, 6) is -0.641. The zero-order chi connectivity index (χ0) is 12.3. The molecule has 1 atom stereocenters. The molecule has 2 aliphatic rings. The molecule has 1 unspecified atom stereocenters. The number of carbonyl (C=O) groups is 1. The van der Waals surface area contributed by atoms with Crippen molar-refractivity contribution in [3.63, 3.8) is 0 Å². The van der Waals surface area contributed by atoms with E-state index in [4.69, 9.17) is 0 Å². The lowest BCUT2D eigenvalue weighted by Crippen LogP contribution is -2.38. The average Bonchev–Trinajstić information content (AvgIpc) is 2.72. The largest absolute Gasteiger partial charge is 0.481 e. The molecule has 0 aromatic heterocycles. The van der Waals surface area contributed by atoms with Gasteiger partial charge in [0.15, 0.2) is 0 Å². The van der Waals surface area contributed by atoms with Crippen LogP contribution in [-0.2, 0) is 4.79 Å². The molecule has 0 spiro atoms. The second-order valence-corrected chi connectivity index (χ2v) is 5.79. The number of likely N-dealkylation sites (tertiary alicyclic amines) is 2. The fourth-order valence-corrected chi connectivity index (χ4v) is 2.89. The van der Waals surface area contributed by atoms with E-state index in [1.807, 2.05) is 6.92 Å². The lowest BCUT2D eigenvalue weighted by atomic mass is 9.90. The van der Waals surface area contributed by atoms with Gasteiger partial charge in [-0.1, -0.05) is 6.42 Å². The van der Waals surface area contributed by atoms with E-state index in [0.717, 1.165) is 32.6 Å². The van der Waals surface area contributed by atoms with Crippen LogP contribution in [0.15, 0.2) is 0 Å². The third kappa shape index (κ3) is 3.19. The van der Waals surface area contributed by atoms with Gasteiger partial charge in [-0.3, -0.25) is 4.79 Å². The van der Waals surface area contributed by atoms with Gasteiger partial charge < -0.3 is 14.9 Å². The van der Waals surface area contributed by atoms with Crippen LogP contribution in [0.5, 0.6) is 0 Å². The molecule has 0 saturated carbocycles. The minimum absolute atomic E-state index is 0.512. The topological polar surface area (TPSA) is 43.8 Å². The van der Waals surface area contributed by atoms with Crippen LogP contribution in [0.3, 0.4) is 0 Å². The van der Waals surface area contributed by atoms with Crippen molar-refractivity contribution in [2.24, 2.45) is 5.41 Å². The number of piperidine rings is 1. The Bertz CT molecular complexity index is 277. The molecule has 2 saturated heterocycles. The molecule has 2 aliphatic heterocycles. The second kappa shape index (κ2) is 5.36. The molecule has 17 heavy (non-hydrogen) atoms. The minimum atomic E-state index is -0.641. The molecule has 98 valence electrons. The molecule has 2 heterocycles. The molecule has 0 bridgehead atoms. The van der Waals surface area contributed by atoms with Crippen LogP contribution in [0.2, 0.25) is 0 Å². The van der Waals surface area contributed by atoms with Crippen molar-refractivity contribution in [3.05, 3.63) is 0 Å². The van der Waals surface area contributed by atoms with Crippen molar-refractivity contribution in [1.29, 1.82) is 0 Å². The zero-order valence-electron chi connectivity index (χ0n) is 10.8. The summed E-state index contributed by atoms with van der Waals surface area (Å²) in [6, 6.07) is 0. The predicted octanol–water partition coefficient (Wildman–Crippen LogP) is 1.27. The van der Waals surface area contributed by atoms with Gasteiger partial charge in [0.1, 0.15) is 0 Å². The summed E-state index contributed by atoms with van der Waals surface area (Å²) in [5.41, 5.74) is -0.512. The predicted molar refractivity (Wildman–Crippen MR) is 67.1 cm³/mol. The number of aliphatic carboxylic acids is 1. The van der Waals surface area contributed by atoms with E-state index < -0.39 is 11.4 Å². The summed E-state index contributed by atoms with van der Waals surface area (Å²) in [6.45, 7) is 8.12. The average molecular weight is 240 g/mol. The van der Waals surface area contributed by atoms with Crippen molar-refractivity contribution in [3.8, 4) is 0 Å². The third-order valence-corrected chi connectivity index (χ3v) is 4.25. The molecule has 2 fully saturated rings. The molecule has 0 aliphatic carbocycles. The fraction of sp³-hybridized carbons (Fsp3) is 0.923. The second-order valence-electron chi connectivity index (χ2n) is 5.79. The first-order chi connectivity index (χ1) is 8.10. The van der Waals surface area contributed by atoms with E-state index in [2.05, 4.69) is 9.80 Å². The maximum absolute atomic E-state index is 11.1. The Balaban J connectivity index is 1.72. The van der Waals surface area contributed by atoms with E-state index >= 15 is 0 Å². The fourth-order valence-electron chi connectivity index (χ4n) is 2.89. The number of rotatable bonds is 4. The molecule has 0 amide bonds. The summed E-state index contributed by atoms with van der Waals surface area (Å²) in [6.07, 6.45) is 4.82. The first-order valence-electron chi connectivity index (χ1n) is 6.78. The Morgan fingerprint density at radius 1 is 1.12 bits per heavy atom. The van der Waals surface area contributed by atoms with Crippen LogP contribution >= 0.6 is 0 Å². The quantitative estimate of drug-likeness (QED) is 0.803. The Morgan fingerprint density at radius 2 is 1.76 bits per heavy atom. The van der Waals surface area contributed by atoms with Crippen molar-refractivity contribution in [2.45, 2.75) is 32.6 Å². The van der Waals surface area contributed by atoms with Gasteiger partial charge in [0, 0.05) is 19.6 Å². The summed E-state index contributed by atoms with van der Waals surface area (Å²) >= 11 is 0. The van der Waals surface area contributed by atoms with Crippen molar-refractivity contribution >= 4 is 5.97 Å². The highest BCUT2D eigenvalue weighted by Gasteiger charge is 2.40. The van der Waals surface area contributed by atoms with Gasteiger partial charge in [-0.25, -0.2) is 0 Å². The number of carboxylic acids is 1. The van der Waals surface area contributed by atoms with Crippen molar-refractivity contribution in [2.75, 3.05) is 39.3 Å². The number of nitrogens with zero attached hydrogens (tertiary/aromatic N) is 2. The highest BCUT2D eigenvalue weighted by molar-refractivity contribution is 5.74. The SMILES string of the molecule is CC1(C(=O)O)CCN(CCN2CCCCC2)C1. The van der Waals surface area contributed by atoms with E-state index in [0.29, 0.717) is 0 Å². The monoisotopic (exact) mass is 240 g/mol. The van der Waals surface area contributed by atoms with Crippen molar-refractivity contribution < 1.29 is 9.90 Å². The molecule has 0 aromatic rings. The number of hydrogen-bond acceptors (Lipinski definition) is 3. The third-order valence-electron chi connectivity index (χ3n) is 4.25. The van der Waals surface area contributed by atoms with E-state index in [9.17, 15) is 9.90 Å². The molecular formula is C13H24N2O2. The molecule has 0 radical (unpaired) electrons. The van der Waals surface area contributed by atoms with Crippen molar-refractivity contribution in [1.82, 2.24) is 9.80 Å². The number of carboxylic acid groups (broad SMARTS) is 1. The van der Waals surface area contributed by atoms with Gasteiger partial charge in [0.25, 0.3) is 0 Å². The summed E-state index contributed by atoms with van der Waals surface area (Å²) in [5, 5.41) is 9.17. The summed E-state index contributed by atoms with van der Waals surface area (Å²) in [7, 11) is 0. The van der Waals surface area contributed by atoms with E-state index in [1.54, 1.807) is 0 Å². The van der Waals surface area contributed by atoms with Crippen LogP contribution in [0, 0.1) is 5.41 Å². The smallest absolute Gasteiger partial charge is 0.310 e. The molecule has 4 heteroatoms. The van der Waals surface area contributed by atoms with Gasteiger partial charge in [0.05, 0.1) is 5.41 Å². The van der Waals surface area contributed by atoms with E-state index in [1.165, 1.54) is 32.4 Å². The first-order valence-corrected chi connectivity index (χ1v) is 6.78. The molecule has 1 N–H and O–H groups in total. The van der Waals surface area contributed by atoms with Crippen LogP contribution in [0.1, 0.15) is 32.6 Å². The molecular weight excluding hydrogens is 216 g/mol. The van der Waals surface area contributed by atoms with Gasteiger partial charge in [0.2, 0.25) is 0 Å². The number of hydrogen-bond donors (Lipinski definition) is 1. The maximum atomic E-state index is 11.1. The first kappa shape index (κ1) is 12.8. The van der Waals surface area contributed by atoms with Crippen LogP contribution in [0.25, 0.3) is 0 Å². The lowest BCUT2D eigenvalue weighted by Gasteiger charge is -2.28. The van der Waals surface area contributed by atoms with Crippen LogP contribution in [0.4, 0.5) is 0 Å². The van der Waals surface area contributed by atoms with E-state index in [-0.39, 0.29) is 0 Å². The standard InChI is InChI=1S/C13H24N2O2/c1-13(12(16)17)5-8-15(11-13)10-9-14-6-3-2-4-7-14/h2-11H2,1H3,(H,16,17).